The zero-order valence-corrected chi connectivity index (χ0v) is 35.0. The molecule has 4 N–H and O–H groups in total. The smallest absolute Gasteiger partial charge is 0.254 e. The minimum atomic E-state index is -4.20. The Balaban J connectivity index is 0.860. The number of nitrogen functional groups attached to an aromatic ring is 1. The maximum Gasteiger partial charge on any atom is 0.254 e. The fourth-order valence-corrected chi connectivity index (χ4v) is 8.73. The lowest BCUT2D eigenvalue weighted by atomic mass is 10.0. The minimum absolute atomic E-state index is 0.0364. The van der Waals surface area contributed by atoms with Crippen molar-refractivity contribution in [3.63, 3.8) is 0 Å². The number of fused-ring (bicyclic) bond motifs is 1. The molecule has 0 atom stereocenters. The van der Waals surface area contributed by atoms with E-state index in [0.717, 1.165) is 68.6 Å². The summed E-state index contributed by atoms with van der Waals surface area (Å²) in [7, 11) is -4.20. The molecule has 2 aromatic carbocycles. The van der Waals surface area contributed by atoms with Crippen LogP contribution in [0.5, 0.6) is 5.75 Å². The summed E-state index contributed by atoms with van der Waals surface area (Å²) in [5, 5.41) is 5.80. The second kappa shape index (κ2) is 19.7. The number of piperazine rings is 2. The van der Waals surface area contributed by atoms with Crippen LogP contribution in [0.4, 0.5) is 16.2 Å². The Morgan fingerprint density at radius 2 is 1.66 bits per heavy atom. The van der Waals surface area contributed by atoms with E-state index in [2.05, 4.69) is 30.5 Å². The molecule has 5 heterocycles. The Labute approximate surface area is 354 Å². The third-order valence-electron chi connectivity index (χ3n) is 11.1. The highest BCUT2D eigenvalue weighted by Crippen LogP contribution is 2.31. The lowest BCUT2D eigenvalue weighted by Crippen LogP contribution is -2.48. The van der Waals surface area contributed by atoms with Crippen molar-refractivity contribution < 1.29 is 36.7 Å². The molecule has 324 valence electrons. The predicted molar refractivity (Wildman–Crippen MR) is 225 cm³/mol. The number of hydrogen-bond donors (Lipinski definition) is 3. The van der Waals surface area contributed by atoms with Gasteiger partial charge in [-0.1, -0.05) is 6.07 Å². The van der Waals surface area contributed by atoms with Crippen LogP contribution in [0.2, 0.25) is 0 Å². The Morgan fingerprint density at radius 3 is 2.39 bits per heavy atom. The number of nitrogens with zero attached hydrogens (tertiary/aromatic N) is 7. The van der Waals surface area contributed by atoms with Crippen molar-refractivity contribution in [1.82, 2.24) is 40.3 Å². The lowest BCUT2D eigenvalue weighted by Gasteiger charge is -2.34. The minimum Gasteiger partial charge on any atom is -0.491 e. The Kier molecular flexibility index (Phi) is 14.0. The first kappa shape index (κ1) is 43.3. The molecule has 0 aliphatic carbocycles. The summed E-state index contributed by atoms with van der Waals surface area (Å²) in [6, 6.07) is 11.6. The van der Waals surface area contributed by atoms with Crippen LogP contribution in [0, 0.1) is 12.7 Å². The summed E-state index contributed by atoms with van der Waals surface area (Å²) in [5.74, 6) is -0.998. The number of rotatable bonds is 14. The van der Waals surface area contributed by atoms with Crippen molar-refractivity contribution in [3.8, 4) is 16.9 Å². The van der Waals surface area contributed by atoms with Crippen LogP contribution in [-0.4, -0.2) is 153 Å². The van der Waals surface area contributed by atoms with E-state index in [9.17, 15) is 22.8 Å². The zero-order valence-electron chi connectivity index (χ0n) is 34.1. The Morgan fingerprint density at radius 1 is 0.902 bits per heavy atom. The number of benzene rings is 2. The van der Waals surface area contributed by atoms with Gasteiger partial charge in [-0.25, -0.2) is 27.8 Å². The topological polar surface area (TPSA) is 206 Å². The second-order valence-corrected chi connectivity index (χ2v) is 17.2. The second-order valence-electron chi connectivity index (χ2n) is 15.1. The summed E-state index contributed by atoms with van der Waals surface area (Å²) in [6.07, 6.45) is 4.82. The van der Waals surface area contributed by atoms with Crippen LogP contribution in [0.25, 0.3) is 11.1 Å². The molecule has 17 nitrogen and oxygen atoms in total. The number of amides is 3. The normalized spacial score (nSPS) is 16.1. The van der Waals surface area contributed by atoms with E-state index < -0.39 is 38.1 Å². The van der Waals surface area contributed by atoms with Gasteiger partial charge in [0.25, 0.3) is 11.8 Å². The molecule has 2 fully saturated rings. The molecular weight excluding hydrogens is 808 g/mol. The summed E-state index contributed by atoms with van der Waals surface area (Å²) < 4.78 is 54.0. The maximum absolute atomic E-state index is 15.8. The molecule has 3 amide bonds. The van der Waals surface area contributed by atoms with Gasteiger partial charge in [-0.05, 0) is 54.4 Å². The van der Waals surface area contributed by atoms with Crippen LogP contribution in [0.3, 0.4) is 0 Å². The van der Waals surface area contributed by atoms with Gasteiger partial charge < -0.3 is 40.5 Å². The van der Waals surface area contributed by atoms with Crippen LogP contribution in [0.15, 0.2) is 66.0 Å². The molecule has 61 heavy (non-hydrogen) atoms. The van der Waals surface area contributed by atoms with Gasteiger partial charge in [-0.2, -0.15) is 0 Å². The zero-order chi connectivity index (χ0) is 42.9. The fourth-order valence-electron chi connectivity index (χ4n) is 7.44. The van der Waals surface area contributed by atoms with Gasteiger partial charge in [-0.15, -0.1) is 0 Å². The van der Waals surface area contributed by atoms with Gasteiger partial charge in [0, 0.05) is 107 Å². The van der Waals surface area contributed by atoms with Crippen molar-refractivity contribution in [2.45, 2.75) is 24.8 Å². The van der Waals surface area contributed by atoms with Crippen LogP contribution >= 0.6 is 0 Å². The molecule has 4 aromatic rings. The Bertz CT molecular complexity index is 2300. The number of sulfone groups is 1. The fraction of sp³-hybridized carbons (Fsp3) is 0.429. The number of nitrogens with two attached hydrogens (primary N) is 1. The molecule has 7 rings (SSSR count). The van der Waals surface area contributed by atoms with Crippen LogP contribution in [0.1, 0.15) is 38.3 Å². The lowest BCUT2D eigenvalue weighted by molar-refractivity contribution is -0.132. The van der Waals surface area contributed by atoms with Crippen LogP contribution < -0.4 is 26.0 Å². The summed E-state index contributed by atoms with van der Waals surface area (Å²) >= 11 is 0. The predicted octanol–water partition coefficient (Wildman–Crippen LogP) is 1.77. The van der Waals surface area contributed by atoms with Crippen molar-refractivity contribution in [3.05, 3.63) is 89.1 Å². The number of ether oxygens (including phenoxy) is 2. The molecule has 0 saturated carbocycles. The van der Waals surface area contributed by atoms with E-state index in [1.807, 2.05) is 34.1 Å². The molecule has 3 aliphatic rings. The van der Waals surface area contributed by atoms with Crippen molar-refractivity contribution in [1.29, 1.82) is 0 Å². The van der Waals surface area contributed by atoms with Gasteiger partial charge in [0.2, 0.25) is 11.9 Å². The largest absolute Gasteiger partial charge is 0.491 e. The number of anilines is 2. The van der Waals surface area contributed by atoms with Gasteiger partial charge in [0.15, 0.2) is 9.84 Å². The molecule has 3 aliphatic heterocycles. The first-order valence-electron chi connectivity index (χ1n) is 20.4. The van der Waals surface area contributed by atoms with Gasteiger partial charge in [-0.3, -0.25) is 19.3 Å². The van der Waals surface area contributed by atoms with E-state index in [1.54, 1.807) is 17.2 Å². The quantitative estimate of drug-likeness (QED) is 0.155. The maximum atomic E-state index is 15.8. The summed E-state index contributed by atoms with van der Waals surface area (Å²) in [4.78, 5) is 59.0. The SMILES string of the molecule is Cc1c(C(=O)N2CCOc3ccc(-c4ccc(N)nc4)cc3C2)ccc(S(=O)(=O)CCNC(=O)c2cnc(N3CCN(CCOCCC(=O)N4CCNCC4)CC3)nc2)c1F. The van der Waals surface area contributed by atoms with E-state index >= 15 is 4.39 Å². The first-order valence-corrected chi connectivity index (χ1v) is 22.0. The van der Waals surface area contributed by atoms with E-state index in [4.69, 9.17) is 15.2 Å². The van der Waals surface area contributed by atoms with Crippen molar-refractivity contribution >= 4 is 39.3 Å². The number of hydrogen-bond acceptors (Lipinski definition) is 14. The number of pyridine rings is 1. The number of carbonyl (C=O) groups excluding carboxylic acids is 3. The van der Waals surface area contributed by atoms with Gasteiger partial charge in [0.05, 0.1) is 37.5 Å². The molecule has 19 heteroatoms. The average molecular weight is 859 g/mol. The van der Waals surface area contributed by atoms with E-state index in [1.165, 1.54) is 25.4 Å². The summed E-state index contributed by atoms with van der Waals surface area (Å²) in [5.41, 5.74) is 8.28. The highest BCUT2D eigenvalue weighted by molar-refractivity contribution is 7.91. The molecule has 0 bridgehead atoms. The van der Waals surface area contributed by atoms with E-state index in [0.29, 0.717) is 50.2 Å². The number of halogens is 1. The van der Waals surface area contributed by atoms with Gasteiger partial charge >= 0.3 is 0 Å². The highest BCUT2D eigenvalue weighted by atomic mass is 32.2. The number of carbonyl (C=O) groups is 3. The molecule has 0 unspecified atom stereocenters. The van der Waals surface area contributed by atoms with Crippen LogP contribution in [-0.2, 0) is 25.9 Å². The standard InChI is InChI=1S/C42H51FN10O7S/c1-29-34(41(56)53-19-22-60-35-5-2-30(24-32(35)28-53)31-3-7-37(44)47-25-31)4-6-36(39(29)43)61(57,58)23-11-46-40(55)33-26-48-42(49-27-33)52-16-14-50(15-17-52)18-21-59-20-8-38(54)51-12-9-45-10-13-51/h2-7,24-27,45H,8-23,28H2,1H3,(H2,44,47)(H,46,55). The summed E-state index contributed by atoms with van der Waals surface area (Å²) in [6.45, 7) is 9.48. The molecular formula is C42H51FN10O7S. The number of aromatic nitrogens is 3. The third kappa shape index (κ3) is 10.8. The average Bonchev–Trinajstić information content (AvgIpc) is 3.50. The van der Waals surface area contributed by atoms with Gasteiger partial charge in [0.1, 0.15) is 28.9 Å². The molecule has 0 radical (unpaired) electrons. The molecule has 2 aromatic heterocycles. The van der Waals surface area contributed by atoms with Crippen molar-refractivity contribution in [2.24, 2.45) is 0 Å². The monoisotopic (exact) mass is 858 g/mol. The molecule has 0 spiro atoms. The number of nitrogens with one attached hydrogen (secondary N) is 2. The van der Waals surface area contributed by atoms with E-state index in [-0.39, 0.29) is 48.8 Å². The Hall–Kier alpha value is -5.76. The van der Waals surface area contributed by atoms with Crippen molar-refractivity contribution in [2.75, 3.05) is 108 Å². The molecule has 2 saturated heterocycles. The third-order valence-corrected chi connectivity index (χ3v) is 12.8. The highest BCUT2D eigenvalue weighted by Gasteiger charge is 2.28. The first-order chi connectivity index (χ1) is 29.5.